The molecule has 8 heavy (non-hydrogen) atoms. The van der Waals surface area contributed by atoms with Gasteiger partial charge in [-0.1, -0.05) is 0 Å². The largest absolute Gasteiger partial charge is 0.296 e. The lowest BCUT2D eigenvalue weighted by molar-refractivity contribution is 0.111. The molecule has 0 aliphatic carbocycles. The van der Waals surface area contributed by atoms with Gasteiger partial charge in [0.05, 0.1) is 16.1 Å². The molecule has 0 spiro atoms. The van der Waals surface area contributed by atoms with Crippen molar-refractivity contribution in [1.82, 2.24) is 8.58 Å². The van der Waals surface area contributed by atoms with Crippen molar-refractivity contribution in [2.24, 2.45) is 0 Å². The second-order valence-corrected chi connectivity index (χ2v) is 2.08. The minimum atomic E-state index is 0.432. The highest BCUT2D eigenvalue weighted by atomic mass is 79.9. The standard InChI is InChI=1S/C4H3BrN2O/c5-7-1-4(2-8)6-3-7/h1-3H. The van der Waals surface area contributed by atoms with Gasteiger partial charge in [0.2, 0.25) is 0 Å². The molecular weight excluding hydrogens is 172 g/mol. The van der Waals surface area contributed by atoms with E-state index in [9.17, 15) is 4.79 Å². The number of aromatic nitrogens is 2. The number of nitrogens with zero attached hydrogens (tertiary/aromatic N) is 2. The van der Waals surface area contributed by atoms with Crippen LogP contribution in [0.5, 0.6) is 0 Å². The molecule has 3 nitrogen and oxygen atoms in total. The molecule has 1 heterocycles. The number of hydrogen-bond acceptors (Lipinski definition) is 2. The molecule has 0 fully saturated rings. The van der Waals surface area contributed by atoms with Crippen molar-refractivity contribution in [3.63, 3.8) is 0 Å². The second kappa shape index (κ2) is 2.09. The fraction of sp³-hybridized carbons (Fsp3) is 0. The van der Waals surface area contributed by atoms with E-state index in [1.54, 1.807) is 6.20 Å². The van der Waals surface area contributed by atoms with Gasteiger partial charge in [0.1, 0.15) is 12.0 Å². The van der Waals surface area contributed by atoms with E-state index in [4.69, 9.17) is 0 Å². The molecule has 0 unspecified atom stereocenters. The van der Waals surface area contributed by atoms with Crippen LogP contribution >= 0.6 is 16.1 Å². The summed E-state index contributed by atoms with van der Waals surface area (Å²) >= 11 is 3.07. The molecule has 0 aliphatic heterocycles. The number of aldehydes is 1. The first-order chi connectivity index (χ1) is 3.83. The number of hydrogen-bond donors (Lipinski definition) is 0. The van der Waals surface area contributed by atoms with Crippen LogP contribution in [-0.2, 0) is 0 Å². The Hall–Kier alpha value is -0.640. The summed E-state index contributed by atoms with van der Waals surface area (Å²) in [5.74, 6) is 0. The monoisotopic (exact) mass is 174 g/mol. The highest BCUT2D eigenvalue weighted by molar-refractivity contribution is 9.08. The third-order valence-corrected chi connectivity index (χ3v) is 1.08. The first-order valence-corrected chi connectivity index (χ1v) is 2.69. The molecule has 0 N–H and O–H groups in total. The smallest absolute Gasteiger partial charge is 0.170 e. The Kier molecular flexibility index (Phi) is 1.43. The molecule has 0 radical (unpaired) electrons. The summed E-state index contributed by atoms with van der Waals surface area (Å²) in [6.45, 7) is 0. The Bertz CT molecular complexity index is 196. The SMILES string of the molecule is O=Cc1cn(Br)cn1. The van der Waals surface area contributed by atoms with Crippen LogP contribution in [0, 0.1) is 0 Å². The van der Waals surface area contributed by atoms with Gasteiger partial charge in [-0.05, 0) is 0 Å². The molecule has 0 aliphatic rings. The summed E-state index contributed by atoms with van der Waals surface area (Å²) in [6.07, 6.45) is 3.77. The van der Waals surface area contributed by atoms with Crippen molar-refractivity contribution >= 4 is 22.4 Å². The number of halogens is 1. The molecule has 4 heteroatoms. The topological polar surface area (TPSA) is 34.9 Å². The summed E-state index contributed by atoms with van der Waals surface area (Å²) < 4.78 is 1.54. The van der Waals surface area contributed by atoms with Gasteiger partial charge in [-0.3, -0.25) is 8.39 Å². The molecule has 0 aromatic carbocycles. The van der Waals surface area contributed by atoms with Gasteiger partial charge in [0.15, 0.2) is 6.29 Å². The number of carbonyl (C=O) groups is 1. The Balaban J connectivity index is 3.00. The van der Waals surface area contributed by atoms with E-state index in [0.29, 0.717) is 12.0 Å². The van der Waals surface area contributed by atoms with E-state index in [1.165, 1.54) is 9.92 Å². The molecule has 0 saturated carbocycles. The minimum absolute atomic E-state index is 0.432. The maximum atomic E-state index is 9.92. The van der Waals surface area contributed by atoms with E-state index in [1.807, 2.05) is 0 Å². The Morgan fingerprint density at radius 2 is 2.62 bits per heavy atom. The predicted octanol–water partition coefficient (Wildman–Crippen LogP) is 0.854. The average Bonchev–Trinajstić information content (AvgIpc) is 2.14. The molecule has 0 amide bonds. The van der Waals surface area contributed by atoms with Crippen molar-refractivity contribution in [2.75, 3.05) is 0 Å². The van der Waals surface area contributed by atoms with E-state index < -0.39 is 0 Å². The molecule has 0 bridgehead atoms. The van der Waals surface area contributed by atoms with Crippen LogP contribution in [0.4, 0.5) is 0 Å². The fourth-order valence-corrected chi connectivity index (χ4v) is 0.677. The lowest BCUT2D eigenvalue weighted by Gasteiger charge is -1.73. The number of imidazole rings is 1. The van der Waals surface area contributed by atoms with Gasteiger partial charge in [-0.15, -0.1) is 0 Å². The maximum Gasteiger partial charge on any atom is 0.170 e. The normalized spacial score (nSPS) is 9.12. The quantitative estimate of drug-likeness (QED) is 0.593. The van der Waals surface area contributed by atoms with Crippen molar-refractivity contribution in [3.8, 4) is 0 Å². The summed E-state index contributed by atoms with van der Waals surface area (Å²) in [4.78, 5) is 13.6. The Morgan fingerprint density at radius 3 is 2.88 bits per heavy atom. The number of carbonyl (C=O) groups excluding carboxylic acids is 1. The third kappa shape index (κ3) is 0.949. The zero-order chi connectivity index (χ0) is 5.98. The minimum Gasteiger partial charge on any atom is -0.296 e. The summed E-state index contributed by atoms with van der Waals surface area (Å²) in [5, 5.41) is 0. The van der Waals surface area contributed by atoms with E-state index >= 15 is 0 Å². The van der Waals surface area contributed by atoms with Crippen molar-refractivity contribution in [2.45, 2.75) is 0 Å². The first kappa shape index (κ1) is 5.50. The van der Waals surface area contributed by atoms with Gasteiger partial charge in [-0.2, -0.15) is 0 Å². The third-order valence-electron chi connectivity index (χ3n) is 0.693. The van der Waals surface area contributed by atoms with E-state index in [0.717, 1.165) is 0 Å². The highest BCUT2D eigenvalue weighted by Gasteiger charge is 1.89. The lowest BCUT2D eigenvalue weighted by Crippen LogP contribution is -1.73. The van der Waals surface area contributed by atoms with Crippen LogP contribution in [-0.4, -0.2) is 14.9 Å². The van der Waals surface area contributed by atoms with Crippen LogP contribution in [0.15, 0.2) is 12.5 Å². The van der Waals surface area contributed by atoms with E-state index in [2.05, 4.69) is 21.1 Å². The molecule has 42 valence electrons. The van der Waals surface area contributed by atoms with Crippen LogP contribution < -0.4 is 0 Å². The highest BCUT2D eigenvalue weighted by Crippen LogP contribution is 1.94. The van der Waals surface area contributed by atoms with Crippen LogP contribution in [0.1, 0.15) is 10.5 Å². The van der Waals surface area contributed by atoms with Gasteiger partial charge in [-0.25, -0.2) is 4.98 Å². The molecule has 0 atom stereocenters. The van der Waals surface area contributed by atoms with Gasteiger partial charge in [0, 0.05) is 6.20 Å². The zero-order valence-electron chi connectivity index (χ0n) is 3.91. The lowest BCUT2D eigenvalue weighted by atomic mass is 10.6. The summed E-state index contributed by atoms with van der Waals surface area (Å²) in [5.41, 5.74) is 0.432. The van der Waals surface area contributed by atoms with Crippen LogP contribution in [0.2, 0.25) is 0 Å². The second-order valence-electron chi connectivity index (χ2n) is 1.26. The van der Waals surface area contributed by atoms with Gasteiger partial charge < -0.3 is 0 Å². The Morgan fingerprint density at radius 1 is 1.88 bits per heavy atom. The van der Waals surface area contributed by atoms with Crippen LogP contribution in [0.3, 0.4) is 0 Å². The van der Waals surface area contributed by atoms with Gasteiger partial charge >= 0.3 is 0 Å². The molecular formula is C4H3BrN2O. The van der Waals surface area contributed by atoms with Crippen molar-refractivity contribution in [1.29, 1.82) is 0 Å². The van der Waals surface area contributed by atoms with Crippen LogP contribution in [0.25, 0.3) is 0 Å². The number of rotatable bonds is 1. The predicted molar refractivity (Wildman–Crippen MR) is 31.9 cm³/mol. The Labute approximate surface area is 54.7 Å². The summed E-state index contributed by atoms with van der Waals surface area (Å²) in [7, 11) is 0. The maximum absolute atomic E-state index is 9.92. The zero-order valence-corrected chi connectivity index (χ0v) is 5.50. The van der Waals surface area contributed by atoms with E-state index in [-0.39, 0.29) is 0 Å². The van der Waals surface area contributed by atoms with Gasteiger partial charge in [0.25, 0.3) is 0 Å². The average molecular weight is 175 g/mol. The van der Waals surface area contributed by atoms with Crippen molar-refractivity contribution < 1.29 is 4.79 Å². The summed E-state index contributed by atoms with van der Waals surface area (Å²) in [6, 6.07) is 0. The fourth-order valence-electron chi connectivity index (χ4n) is 0.376. The molecule has 1 aromatic rings. The molecule has 0 saturated heterocycles. The molecule has 1 aromatic heterocycles. The molecule has 1 rings (SSSR count). The van der Waals surface area contributed by atoms with Crippen molar-refractivity contribution in [3.05, 3.63) is 18.2 Å². The first-order valence-electron chi connectivity index (χ1n) is 1.98.